The van der Waals surface area contributed by atoms with Gasteiger partial charge in [0, 0.05) is 45.2 Å². The number of rotatable bonds is 12. The Hall–Kier alpha value is -1.97. The van der Waals surface area contributed by atoms with Crippen molar-refractivity contribution < 1.29 is 29.0 Å². The Morgan fingerprint density at radius 2 is 1.94 bits per heavy atom. The third kappa shape index (κ3) is 6.17. The van der Waals surface area contributed by atoms with Crippen molar-refractivity contribution >= 4 is 17.8 Å². The number of carbonyl (C=O) groups is 3. The molecule has 2 heterocycles. The van der Waals surface area contributed by atoms with E-state index in [1.807, 2.05) is 12.2 Å². The number of esters is 1. The number of allylic oxidation sites excluding steroid dienone is 1. The first-order chi connectivity index (χ1) is 16.5. The summed E-state index contributed by atoms with van der Waals surface area (Å²) in [6.07, 6.45) is 6.84. The van der Waals surface area contributed by atoms with Crippen LogP contribution in [0.15, 0.2) is 12.2 Å². The number of aliphatic hydroxyl groups is 1. The summed E-state index contributed by atoms with van der Waals surface area (Å²) in [6, 6.07) is -0.656. The highest BCUT2D eigenvalue weighted by atomic mass is 16.5. The summed E-state index contributed by atoms with van der Waals surface area (Å²) < 4.78 is 10.8. The van der Waals surface area contributed by atoms with Crippen LogP contribution in [0.2, 0.25) is 0 Å². The van der Waals surface area contributed by atoms with Crippen LogP contribution < -0.4 is 5.32 Å². The molecule has 3 aliphatic rings. The van der Waals surface area contributed by atoms with Crippen LogP contribution >= 0.6 is 0 Å². The maximum atomic E-state index is 13.7. The van der Waals surface area contributed by atoms with Crippen molar-refractivity contribution in [2.24, 2.45) is 23.7 Å². The normalized spacial score (nSPS) is 29.2. The third-order valence-electron chi connectivity index (χ3n) is 7.20. The van der Waals surface area contributed by atoms with Gasteiger partial charge < -0.3 is 24.8 Å². The number of morpholine rings is 1. The molecule has 5 atom stereocenters. The zero-order valence-corrected chi connectivity index (χ0v) is 20.6. The van der Waals surface area contributed by atoms with Gasteiger partial charge in [-0.1, -0.05) is 25.5 Å². The van der Waals surface area contributed by atoms with E-state index in [0.29, 0.717) is 39.1 Å². The molecule has 0 aromatic carbocycles. The van der Waals surface area contributed by atoms with Gasteiger partial charge in [-0.3, -0.25) is 19.3 Å². The molecule has 0 bridgehead atoms. The topological polar surface area (TPSA) is 108 Å². The zero-order chi connectivity index (χ0) is 24.5. The number of fused-ring (bicyclic) bond motifs is 1. The molecule has 9 heteroatoms. The van der Waals surface area contributed by atoms with Crippen molar-refractivity contribution in [1.82, 2.24) is 15.1 Å². The van der Waals surface area contributed by atoms with Gasteiger partial charge in [-0.05, 0) is 32.1 Å². The predicted molar refractivity (Wildman–Crippen MR) is 127 cm³/mol. The maximum Gasteiger partial charge on any atom is 0.310 e. The number of nitrogens with one attached hydrogen (secondary N) is 1. The van der Waals surface area contributed by atoms with Crippen LogP contribution in [-0.2, 0) is 23.9 Å². The fourth-order valence-corrected chi connectivity index (χ4v) is 5.57. The van der Waals surface area contributed by atoms with Gasteiger partial charge in [-0.25, -0.2) is 0 Å². The van der Waals surface area contributed by atoms with Crippen LogP contribution in [0.25, 0.3) is 0 Å². The minimum atomic E-state index is -0.656. The Bertz CT molecular complexity index is 723. The van der Waals surface area contributed by atoms with Crippen molar-refractivity contribution in [3.63, 3.8) is 0 Å². The number of amides is 2. The Morgan fingerprint density at radius 3 is 2.62 bits per heavy atom. The lowest BCUT2D eigenvalue weighted by Crippen LogP contribution is -2.49. The highest BCUT2D eigenvalue weighted by Gasteiger charge is 2.57. The lowest BCUT2D eigenvalue weighted by Gasteiger charge is -2.34. The summed E-state index contributed by atoms with van der Waals surface area (Å²) in [4.78, 5) is 43.9. The second kappa shape index (κ2) is 13.2. The molecule has 34 heavy (non-hydrogen) atoms. The van der Waals surface area contributed by atoms with E-state index in [1.165, 1.54) is 0 Å². The minimum absolute atomic E-state index is 0.0369. The highest BCUT2D eigenvalue weighted by molar-refractivity contribution is 5.96. The Balaban J connectivity index is 1.79. The number of nitrogens with zero attached hydrogens (tertiary/aromatic N) is 2. The van der Waals surface area contributed by atoms with Crippen molar-refractivity contribution in [1.29, 1.82) is 0 Å². The van der Waals surface area contributed by atoms with Crippen LogP contribution in [-0.4, -0.2) is 97.9 Å². The Morgan fingerprint density at radius 1 is 1.18 bits per heavy atom. The Kier molecular flexibility index (Phi) is 10.3. The number of hydrogen-bond donors (Lipinski definition) is 2. The van der Waals surface area contributed by atoms with E-state index >= 15 is 0 Å². The fourth-order valence-electron chi connectivity index (χ4n) is 5.57. The van der Waals surface area contributed by atoms with Gasteiger partial charge in [0.1, 0.15) is 6.04 Å². The van der Waals surface area contributed by atoms with Crippen LogP contribution in [0.1, 0.15) is 39.5 Å². The molecule has 2 aliphatic heterocycles. The van der Waals surface area contributed by atoms with Gasteiger partial charge in [-0.15, -0.1) is 0 Å². The zero-order valence-electron chi connectivity index (χ0n) is 20.6. The van der Waals surface area contributed by atoms with Gasteiger partial charge in [0.25, 0.3) is 0 Å². The van der Waals surface area contributed by atoms with Crippen molar-refractivity contribution in [3.05, 3.63) is 12.2 Å². The van der Waals surface area contributed by atoms with E-state index in [0.717, 1.165) is 32.5 Å². The fraction of sp³-hybridized carbons (Fsp3) is 0.800. The number of hydrogen-bond acceptors (Lipinski definition) is 7. The standard InChI is InChI=1S/C25H41N3O6/c1-3-7-18-8-9-19-21(20(18)25(32)34-4-2)24(31)28(11-5-6-15-29)22(19)23(30)26-10-12-27-13-16-33-17-14-27/h8-9,18-22,29H,3-7,10-17H2,1-2H3,(H,26,30)/t18-,19+,20-,21-,22+/m1/s1. The Labute approximate surface area is 202 Å². The lowest BCUT2D eigenvalue weighted by molar-refractivity contribution is -0.155. The first-order valence-electron chi connectivity index (χ1n) is 12.9. The molecular formula is C25H41N3O6. The molecule has 192 valence electrons. The molecule has 2 N–H and O–H groups in total. The second-order valence-electron chi connectivity index (χ2n) is 9.37. The van der Waals surface area contributed by atoms with Gasteiger partial charge in [0.05, 0.1) is 31.7 Å². The molecule has 1 aliphatic carbocycles. The van der Waals surface area contributed by atoms with Crippen molar-refractivity contribution in [2.45, 2.75) is 45.6 Å². The van der Waals surface area contributed by atoms with E-state index < -0.39 is 17.9 Å². The average molecular weight is 480 g/mol. The number of likely N-dealkylation sites (tertiary alicyclic amines) is 1. The van der Waals surface area contributed by atoms with Crippen LogP contribution in [0.5, 0.6) is 0 Å². The maximum absolute atomic E-state index is 13.7. The summed E-state index contributed by atoms with van der Waals surface area (Å²) in [5.41, 5.74) is 0. The molecule has 0 unspecified atom stereocenters. The molecule has 0 radical (unpaired) electrons. The van der Waals surface area contributed by atoms with E-state index in [-0.39, 0.29) is 42.8 Å². The minimum Gasteiger partial charge on any atom is -0.466 e. The lowest BCUT2D eigenvalue weighted by atomic mass is 9.69. The molecule has 0 spiro atoms. The second-order valence-corrected chi connectivity index (χ2v) is 9.37. The molecule has 0 saturated carbocycles. The molecule has 2 saturated heterocycles. The van der Waals surface area contributed by atoms with Crippen LogP contribution in [0.4, 0.5) is 0 Å². The van der Waals surface area contributed by atoms with Crippen molar-refractivity contribution in [2.75, 3.05) is 59.2 Å². The number of unbranched alkanes of at least 4 members (excludes halogenated alkanes) is 1. The summed E-state index contributed by atoms with van der Waals surface area (Å²) in [6.45, 7) is 8.83. The molecule has 3 rings (SSSR count). The first kappa shape index (κ1) is 26.6. The smallest absolute Gasteiger partial charge is 0.310 e. The summed E-state index contributed by atoms with van der Waals surface area (Å²) >= 11 is 0. The van der Waals surface area contributed by atoms with Gasteiger partial charge in [-0.2, -0.15) is 0 Å². The van der Waals surface area contributed by atoms with Crippen LogP contribution in [0, 0.1) is 23.7 Å². The largest absolute Gasteiger partial charge is 0.466 e. The van der Waals surface area contributed by atoms with Gasteiger partial charge >= 0.3 is 5.97 Å². The van der Waals surface area contributed by atoms with Gasteiger partial charge in [0.15, 0.2) is 0 Å². The number of aliphatic hydroxyl groups excluding tert-OH is 1. The summed E-state index contributed by atoms with van der Waals surface area (Å²) in [5, 5.41) is 12.3. The third-order valence-corrected chi connectivity index (χ3v) is 7.20. The van der Waals surface area contributed by atoms with E-state index in [9.17, 15) is 19.5 Å². The molecule has 0 aromatic heterocycles. The number of ether oxygens (including phenoxy) is 2. The SMILES string of the molecule is CCC[C@@H]1C=C[C@H]2[C@@H](C(=O)N(CCCCO)[C@@H]2C(=O)NCCN2CCOCC2)[C@@H]1C(=O)OCC. The number of carbonyl (C=O) groups excluding carboxylic acids is 3. The van der Waals surface area contributed by atoms with Crippen molar-refractivity contribution in [3.8, 4) is 0 Å². The van der Waals surface area contributed by atoms with Crippen LogP contribution in [0.3, 0.4) is 0 Å². The first-order valence-corrected chi connectivity index (χ1v) is 12.9. The molecule has 9 nitrogen and oxygen atoms in total. The highest BCUT2D eigenvalue weighted by Crippen LogP contribution is 2.45. The molecule has 2 amide bonds. The monoisotopic (exact) mass is 479 g/mol. The molecular weight excluding hydrogens is 438 g/mol. The average Bonchev–Trinajstić information content (AvgIpc) is 3.12. The molecule has 0 aromatic rings. The predicted octanol–water partition coefficient (Wildman–Crippen LogP) is 0.816. The molecule has 2 fully saturated rings. The van der Waals surface area contributed by atoms with E-state index in [4.69, 9.17) is 9.47 Å². The summed E-state index contributed by atoms with van der Waals surface area (Å²) in [5.74, 6) is -2.29. The van der Waals surface area contributed by atoms with E-state index in [2.05, 4.69) is 17.1 Å². The summed E-state index contributed by atoms with van der Waals surface area (Å²) in [7, 11) is 0. The van der Waals surface area contributed by atoms with E-state index in [1.54, 1.807) is 11.8 Å². The van der Waals surface area contributed by atoms with Gasteiger partial charge in [0.2, 0.25) is 11.8 Å². The quantitative estimate of drug-likeness (QED) is 0.242.